The summed E-state index contributed by atoms with van der Waals surface area (Å²) in [6.45, 7) is 2.48. The van der Waals surface area contributed by atoms with Crippen molar-refractivity contribution >= 4 is 16.9 Å². The van der Waals surface area contributed by atoms with Gasteiger partial charge in [-0.1, -0.05) is 43.3 Å². The SMILES string of the molecule is CC/C=C/CCOc1cccc2c(OC(=O)c3ccccc3)c(OC)c(=O)oc12. The summed E-state index contributed by atoms with van der Waals surface area (Å²) in [5, 5.41) is 0.410. The molecule has 0 unspecified atom stereocenters. The summed E-state index contributed by atoms with van der Waals surface area (Å²) in [4.78, 5) is 25.0. The minimum Gasteiger partial charge on any atom is -0.489 e. The second kappa shape index (κ2) is 9.59. The molecular formula is C23H22O6. The molecular weight excluding hydrogens is 372 g/mol. The second-order valence-electron chi connectivity index (χ2n) is 6.16. The van der Waals surface area contributed by atoms with Gasteiger partial charge < -0.3 is 18.6 Å². The summed E-state index contributed by atoms with van der Waals surface area (Å²) in [6, 6.07) is 13.6. The van der Waals surface area contributed by atoms with Gasteiger partial charge in [0.15, 0.2) is 17.1 Å². The normalized spacial score (nSPS) is 11.0. The predicted molar refractivity (Wildman–Crippen MR) is 110 cm³/mol. The number of esters is 1. The number of hydrogen-bond donors (Lipinski definition) is 0. The lowest BCUT2D eigenvalue weighted by atomic mass is 10.2. The van der Waals surface area contributed by atoms with E-state index in [0.717, 1.165) is 12.8 Å². The van der Waals surface area contributed by atoms with E-state index in [2.05, 4.69) is 13.0 Å². The lowest BCUT2D eigenvalue weighted by molar-refractivity contribution is 0.0731. The van der Waals surface area contributed by atoms with Crippen molar-refractivity contribution in [2.45, 2.75) is 19.8 Å². The van der Waals surface area contributed by atoms with Crippen molar-refractivity contribution in [1.29, 1.82) is 0 Å². The number of carbonyl (C=O) groups excluding carboxylic acids is 1. The molecule has 6 nitrogen and oxygen atoms in total. The van der Waals surface area contributed by atoms with Crippen LogP contribution in [0.3, 0.4) is 0 Å². The molecule has 0 amide bonds. The van der Waals surface area contributed by atoms with Crippen molar-refractivity contribution in [3.63, 3.8) is 0 Å². The molecule has 2 aromatic carbocycles. The number of para-hydroxylation sites is 1. The van der Waals surface area contributed by atoms with Crippen LogP contribution in [-0.2, 0) is 0 Å². The van der Waals surface area contributed by atoms with Gasteiger partial charge in [-0.2, -0.15) is 0 Å². The van der Waals surface area contributed by atoms with E-state index < -0.39 is 11.6 Å². The summed E-state index contributed by atoms with van der Waals surface area (Å²) in [5.41, 5.74) is -0.197. The van der Waals surface area contributed by atoms with E-state index in [1.807, 2.05) is 6.08 Å². The van der Waals surface area contributed by atoms with Gasteiger partial charge in [0.2, 0.25) is 5.75 Å². The van der Waals surface area contributed by atoms with Crippen LogP contribution in [0.4, 0.5) is 0 Å². The first-order valence-electron chi connectivity index (χ1n) is 9.34. The van der Waals surface area contributed by atoms with Gasteiger partial charge in [-0.05, 0) is 37.1 Å². The molecule has 29 heavy (non-hydrogen) atoms. The van der Waals surface area contributed by atoms with Crippen LogP contribution in [0.25, 0.3) is 11.0 Å². The van der Waals surface area contributed by atoms with Crippen LogP contribution >= 0.6 is 0 Å². The average Bonchev–Trinajstić information content (AvgIpc) is 2.74. The molecule has 1 aromatic heterocycles. The summed E-state index contributed by atoms with van der Waals surface area (Å²) in [7, 11) is 1.32. The van der Waals surface area contributed by atoms with E-state index in [-0.39, 0.29) is 17.1 Å². The number of methoxy groups -OCH3 is 1. The highest BCUT2D eigenvalue weighted by atomic mass is 16.6. The van der Waals surface area contributed by atoms with E-state index >= 15 is 0 Å². The fraction of sp³-hybridized carbons (Fsp3) is 0.217. The molecule has 3 rings (SSSR count). The monoisotopic (exact) mass is 394 g/mol. The summed E-state index contributed by atoms with van der Waals surface area (Å²) < 4.78 is 21.9. The first kappa shape index (κ1) is 20.2. The van der Waals surface area contributed by atoms with Crippen LogP contribution in [0.5, 0.6) is 17.2 Å². The Morgan fingerprint density at radius 1 is 1.03 bits per heavy atom. The Labute approximate surface area is 168 Å². The molecule has 0 spiro atoms. The molecule has 0 atom stereocenters. The third kappa shape index (κ3) is 4.66. The summed E-state index contributed by atoms with van der Waals surface area (Å²) in [6.07, 6.45) is 5.76. The largest absolute Gasteiger partial charge is 0.489 e. The van der Waals surface area contributed by atoms with Crippen molar-refractivity contribution in [2.24, 2.45) is 0 Å². The molecule has 150 valence electrons. The molecule has 0 bridgehead atoms. The Kier molecular flexibility index (Phi) is 6.68. The molecule has 0 aliphatic carbocycles. The van der Waals surface area contributed by atoms with Gasteiger partial charge in [0, 0.05) is 0 Å². The maximum atomic E-state index is 12.5. The molecule has 3 aromatic rings. The van der Waals surface area contributed by atoms with Crippen molar-refractivity contribution in [2.75, 3.05) is 13.7 Å². The first-order valence-corrected chi connectivity index (χ1v) is 9.34. The molecule has 0 saturated heterocycles. The number of hydrogen-bond acceptors (Lipinski definition) is 6. The van der Waals surface area contributed by atoms with Crippen LogP contribution in [0.2, 0.25) is 0 Å². The Balaban J connectivity index is 1.99. The number of rotatable bonds is 8. The quantitative estimate of drug-likeness (QED) is 0.237. The lowest BCUT2D eigenvalue weighted by Crippen LogP contribution is -2.13. The topological polar surface area (TPSA) is 75.0 Å². The summed E-state index contributed by atoms with van der Waals surface area (Å²) >= 11 is 0. The van der Waals surface area contributed by atoms with Gasteiger partial charge in [0.05, 0.1) is 24.7 Å². The van der Waals surface area contributed by atoms with E-state index in [9.17, 15) is 9.59 Å². The Bertz CT molecular complexity index is 1070. The highest BCUT2D eigenvalue weighted by molar-refractivity contribution is 5.96. The molecule has 0 aliphatic rings. The fourth-order valence-corrected chi connectivity index (χ4v) is 2.79. The first-order chi connectivity index (χ1) is 14.2. The number of carbonyl (C=O) groups is 1. The smallest absolute Gasteiger partial charge is 0.383 e. The zero-order chi connectivity index (χ0) is 20.6. The lowest BCUT2D eigenvalue weighted by Gasteiger charge is -2.13. The molecule has 0 N–H and O–H groups in total. The van der Waals surface area contributed by atoms with E-state index in [1.165, 1.54) is 7.11 Å². The summed E-state index contributed by atoms with van der Waals surface area (Å²) in [5.74, 6) is -0.385. The maximum Gasteiger partial charge on any atom is 0.383 e. The van der Waals surface area contributed by atoms with E-state index in [0.29, 0.717) is 23.3 Å². The van der Waals surface area contributed by atoms with Crippen molar-refractivity contribution in [3.05, 3.63) is 76.7 Å². The number of benzene rings is 2. The standard InChI is InChI=1S/C23H22O6/c1-3-4-5-9-15-27-18-14-10-13-17-19(18)28-23(25)21(26-2)20(17)29-22(24)16-11-7-6-8-12-16/h4-8,10-14H,3,9,15H2,1-2H3/b5-4+. The van der Waals surface area contributed by atoms with Gasteiger partial charge in [0.25, 0.3) is 0 Å². The molecule has 0 fully saturated rings. The third-order valence-corrected chi connectivity index (χ3v) is 4.16. The van der Waals surface area contributed by atoms with Gasteiger partial charge in [-0.15, -0.1) is 0 Å². The van der Waals surface area contributed by atoms with Crippen molar-refractivity contribution in [1.82, 2.24) is 0 Å². The van der Waals surface area contributed by atoms with Crippen LogP contribution in [0.15, 0.2) is 69.9 Å². The molecule has 0 saturated carbocycles. The Morgan fingerprint density at radius 3 is 2.55 bits per heavy atom. The van der Waals surface area contributed by atoms with Gasteiger partial charge in [0.1, 0.15) is 0 Å². The van der Waals surface area contributed by atoms with Crippen molar-refractivity contribution < 1.29 is 23.4 Å². The number of allylic oxidation sites excluding steroid dienone is 1. The van der Waals surface area contributed by atoms with Gasteiger partial charge >= 0.3 is 11.6 Å². The minimum absolute atomic E-state index is 0.00364. The zero-order valence-corrected chi connectivity index (χ0v) is 16.3. The molecule has 1 heterocycles. The molecule has 0 radical (unpaired) electrons. The number of fused-ring (bicyclic) bond motifs is 1. The van der Waals surface area contributed by atoms with Crippen molar-refractivity contribution in [3.8, 4) is 17.2 Å². The Morgan fingerprint density at radius 2 is 1.83 bits per heavy atom. The zero-order valence-electron chi connectivity index (χ0n) is 16.3. The Hall–Kier alpha value is -3.54. The van der Waals surface area contributed by atoms with Crippen LogP contribution in [-0.4, -0.2) is 19.7 Å². The highest BCUT2D eigenvalue weighted by Crippen LogP contribution is 2.37. The van der Waals surface area contributed by atoms with E-state index in [1.54, 1.807) is 48.5 Å². The highest BCUT2D eigenvalue weighted by Gasteiger charge is 2.22. The maximum absolute atomic E-state index is 12.5. The fourth-order valence-electron chi connectivity index (χ4n) is 2.79. The predicted octanol–water partition coefficient (Wildman–Crippen LogP) is 4.76. The van der Waals surface area contributed by atoms with Crippen LogP contribution < -0.4 is 19.8 Å². The van der Waals surface area contributed by atoms with Crippen LogP contribution in [0, 0.1) is 0 Å². The molecule has 0 aliphatic heterocycles. The average molecular weight is 394 g/mol. The van der Waals surface area contributed by atoms with E-state index in [4.69, 9.17) is 18.6 Å². The van der Waals surface area contributed by atoms with Gasteiger partial charge in [-0.25, -0.2) is 9.59 Å². The van der Waals surface area contributed by atoms with Crippen LogP contribution in [0.1, 0.15) is 30.1 Å². The van der Waals surface area contributed by atoms with Gasteiger partial charge in [-0.3, -0.25) is 0 Å². The minimum atomic E-state index is -0.752. The second-order valence-corrected chi connectivity index (χ2v) is 6.16. The number of ether oxygens (including phenoxy) is 3. The third-order valence-electron chi connectivity index (χ3n) is 4.16. The molecule has 6 heteroatoms.